The van der Waals surface area contributed by atoms with E-state index in [0.29, 0.717) is 48.0 Å². The largest absolute Gasteiger partial charge is 0.341 e. The molecule has 40 heavy (non-hydrogen) atoms. The molecule has 0 aliphatic carbocycles. The van der Waals surface area contributed by atoms with Gasteiger partial charge in [0.1, 0.15) is 0 Å². The number of fused-ring (bicyclic) bond motifs is 1. The molecule has 0 bridgehead atoms. The molecular weight excluding hydrogens is 524 g/mol. The molecule has 0 spiro atoms. The first kappa shape index (κ1) is 28.3. The second kappa shape index (κ2) is 12.1. The normalized spacial score (nSPS) is 18.8. The minimum absolute atomic E-state index is 0.0376. The topological polar surface area (TPSA) is 98.8 Å². The van der Waals surface area contributed by atoms with Crippen LogP contribution in [-0.4, -0.2) is 68.3 Å². The first-order valence-corrected chi connectivity index (χ1v) is 15.7. The van der Waals surface area contributed by atoms with E-state index in [1.54, 1.807) is 36.4 Å². The Morgan fingerprint density at radius 3 is 2.38 bits per heavy atom. The molecule has 3 aromatic rings. The second-order valence-corrected chi connectivity index (χ2v) is 12.5. The van der Waals surface area contributed by atoms with Gasteiger partial charge in [0, 0.05) is 41.2 Å². The summed E-state index contributed by atoms with van der Waals surface area (Å²) in [5.74, 6) is -0.0599. The van der Waals surface area contributed by atoms with E-state index in [1.165, 1.54) is 0 Å². The lowest BCUT2D eigenvalue weighted by Gasteiger charge is -2.35. The SMILES string of the molecule is CCCN1CCC[C@H]1C(=O)N1CCC(NS(=O)(=O)c2cccc3c(NC(=O)c4ccccc4C)cccc23)CC1. The molecule has 1 atom stereocenters. The Kier molecular flexibility index (Phi) is 8.54. The monoisotopic (exact) mass is 562 g/mol. The van der Waals surface area contributed by atoms with E-state index in [4.69, 9.17) is 0 Å². The van der Waals surface area contributed by atoms with Gasteiger partial charge in [-0.15, -0.1) is 0 Å². The van der Waals surface area contributed by atoms with Crippen molar-refractivity contribution in [3.05, 3.63) is 71.8 Å². The van der Waals surface area contributed by atoms with Crippen molar-refractivity contribution < 1.29 is 18.0 Å². The zero-order valence-corrected chi connectivity index (χ0v) is 24.0. The lowest BCUT2D eigenvalue weighted by atomic mass is 10.0. The standard InChI is InChI=1S/C31H38N4O4S/c1-3-18-34-19-8-14-28(34)31(37)35-20-16-23(17-21-35)33-40(38,39)29-15-7-11-25-26(29)12-6-13-27(25)32-30(36)24-10-5-4-9-22(24)2/h4-7,9-13,15,23,28,33H,3,8,14,16-21H2,1-2H3,(H,32,36)/t28-/m0/s1. The summed E-state index contributed by atoms with van der Waals surface area (Å²) < 4.78 is 30.0. The van der Waals surface area contributed by atoms with Crippen LogP contribution in [0.2, 0.25) is 0 Å². The summed E-state index contributed by atoms with van der Waals surface area (Å²) in [6.07, 6.45) is 4.14. The Morgan fingerprint density at radius 2 is 1.62 bits per heavy atom. The van der Waals surface area contributed by atoms with Crippen molar-refractivity contribution in [2.24, 2.45) is 0 Å². The first-order valence-electron chi connectivity index (χ1n) is 14.2. The van der Waals surface area contributed by atoms with E-state index in [-0.39, 0.29) is 28.8 Å². The Bertz CT molecular complexity index is 1500. The van der Waals surface area contributed by atoms with Gasteiger partial charge < -0.3 is 10.2 Å². The Hall–Kier alpha value is -3.27. The van der Waals surface area contributed by atoms with Crippen LogP contribution < -0.4 is 10.0 Å². The average molecular weight is 563 g/mol. The van der Waals surface area contributed by atoms with E-state index in [2.05, 4.69) is 21.9 Å². The highest BCUT2D eigenvalue weighted by Crippen LogP contribution is 2.30. The minimum atomic E-state index is -3.83. The van der Waals surface area contributed by atoms with Crippen molar-refractivity contribution in [1.29, 1.82) is 0 Å². The zero-order chi connectivity index (χ0) is 28.3. The number of hydrogen-bond acceptors (Lipinski definition) is 5. The number of anilines is 1. The van der Waals surface area contributed by atoms with Crippen molar-refractivity contribution in [3.8, 4) is 0 Å². The van der Waals surface area contributed by atoms with Gasteiger partial charge in [0.2, 0.25) is 15.9 Å². The second-order valence-electron chi connectivity index (χ2n) is 10.8. The van der Waals surface area contributed by atoms with Gasteiger partial charge in [-0.2, -0.15) is 0 Å². The van der Waals surface area contributed by atoms with Crippen molar-refractivity contribution in [2.75, 3.05) is 31.5 Å². The fourth-order valence-corrected chi connectivity index (χ4v) is 7.54. The molecular formula is C31H38N4O4S. The number of aryl methyl sites for hydroxylation is 1. The molecule has 0 saturated carbocycles. The maximum atomic E-state index is 13.6. The van der Waals surface area contributed by atoms with E-state index in [0.717, 1.165) is 37.9 Å². The molecule has 0 unspecified atom stereocenters. The number of benzene rings is 3. The summed E-state index contributed by atoms with van der Waals surface area (Å²) in [6, 6.07) is 17.5. The summed E-state index contributed by atoms with van der Waals surface area (Å²) in [4.78, 5) is 30.5. The molecule has 9 heteroatoms. The maximum Gasteiger partial charge on any atom is 0.255 e. The number of amides is 2. The van der Waals surface area contributed by atoms with Crippen molar-refractivity contribution in [3.63, 3.8) is 0 Å². The van der Waals surface area contributed by atoms with Gasteiger partial charge in [-0.1, -0.05) is 49.4 Å². The summed E-state index contributed by atoms with van der Waals surface area (Å²) in [5.41, 5.74) is 1.99. The maximum absolute atomic E-state index is 13.6. The lowest BCUT2D eigenvalue weighted by Crippen LogP contribution is -2.51. The molecule has 2 saturated heterocycles. The third kappa shape index (κ3) is 5.92. The third-order valence-electron chi connectivity index (χ3n) is 8.10. The number of likely N-dealkylation sites (tertiary alicyclic amines) is 2. The Morgan fingerprint density at radius 1 is 0.900 bits per heavy atom. The van der Waals surface area contributed by atoms with Crippen LogP contribution in [0.15, 0.2) is 65.6 Å². The van der Waals surface area contributed by atoms with Gasteiger partial charge in [0.15, 0.2) is 0 Å². The van der Waals surface area contributed by atoms with Gasteiger partial charge in [0.05, 0.1) is 10.9 Å². The molecule has 2 heterocycles. The van der Waals surface area contributed by atoms with Crippen LogP contribution in [0.3, 0.4) is 0 Å². The number of nitrogens with zero attached hydrogens (tertiary/aromatic N) is 2. The molecule has 0 radical (unpaired) electrons. The van der Waals surface area contributed by atoms with Crippen LogP contribution in [0.4, 0.5) is 5.69 Å². The highest BCUT2D eigenvalue weighted by atomic mass is 32.2. The lowest BCUT2D eigenvalue weighted by molar-refractivity contribution is -0.137. The van der Waals surface area contributed by atoms with E-state index in [9.17, 15) is 18.0 Å². The van der Waals surface area contributed by atoms with E-state index in [1.807, 2.05) is 36.1 Å². The fraction of sp³-hybridized carbons (Fsp3) is 0.419. The number of carbonyl (C=O) groups excluding carboxylic acids is 2. The highest BCUT2D eigenvalue weighted by molar-refractivity contribution is 7.89. The van der Waals surface area contributed by atoms with Gasteiger partial charge in [-0.3, -0.25) is 14.5 Å². The molecule has 0 aromatic heterocycles. The van der Waals surface area contributed by atoms with Gasteiger partial charge in [-0.25, -0.2) is 13.1 Å². The number of carbonyl (C=O) groups is 2. The van der Waals surface area contributed by atoms with Gasteiger partial charge >= 0.3 is 0 Å². The zero-order valence-electron chi connectivity index (χ0n) is 23.2. The van der Waals surface area contributed by atoms with Crippen LogP contribution in [0.25, 0.3) is 10.8 Å². The molecule has 2 amide bonds. The summed E-state index contributed by atoms with van der Waals surface area (Å²) in [5, 5.41) is 4.15. The summed E-state index contributed by atoms with van der Waals surface area (Å²) in [6.45, 7) is 7.03. The predicted octanol–water partition coefficient (Wildman–Crippen LogP) is 4.54. The smallest absolute Gasteiger partial charge is 0.255 e. The Labute approximate surface area is 236 Å². The number of hydrogen-bond donors (Lipinski definition) is 2. The van der Waals surface area contributed by atoms with Crippen molar-refractivity contribution in [2.45, 2.75) is 62.9 Å². The molecule has 2 aliphatic heterocycles. The molecule has 2 aliphatic rings. The molecule has 2 fully saturated rings. The predicted molar refractivity (Wildman–Crippen MR) is 158 cm³/mol. The minimum Gasteiger partial charge on any atom is -0.341 e. The number of sulfonamides is 1. The molecule has 212 valence electrons. The number of rotatable bonds is 8. The summed E-state index contributed by atoms with van der Waals surface area (Å²) in [7, 11) is -3.83. The average Bonchev–Trinajstić information content (AvgIpc) is 3.41. The van der Waals surface area contributed by atoms with E-state index < -0.39 is 10.0 Å². The molecule has 5 rings (SSSR count). The van der Waals surface area contributed by atoms with Crippen molar-refractivity contribution in [1.82, 2.24) is 14.5 Å². The number of nitrogens with one attached hydrogen (secondary N) is 2. The third-order valence-corrected chi connectivity index (χ3v) is 9.68. The molecule has 3 aromatic carbocycles. The van der Waals surface area contributed by atoms with Crippen LogP contribution in [0.1, 0.15) is 54.9 Å². The fourth-order valence-electron chi connectivity index (χ4n) is 6.01. The first-order chi connectivity index (χ1) is 19.3. The highest BCUT2D eigenvalue weighted by Gasteiger charge is 2.35. The molecule has 8 nitrogen and oxygen atoms in total. The Balaban J connectivity index is 1.28. The van der Waals surface area contributed by atoms with Gasteiger partial charge in [0.25, 0.3) is 5.91 Å². The summed E-state index contributed by atoms with van der Waals surface area (Å²) >= 11 is 0. The number of piperidine rings is 1. The van der Waals surface area contributed by atoms with E-state index >= 15 is 0 Å². The molecule has 2 N–H and O–H groups in total. The quantitative estimate of drug-likeness (QED) is 0.420. The van der Waals surface area contributed by atoms with Crippen molar-refractivity contribution >= 4 is 38.3 Å². The van der Waals surface area contributed by atoms with Crippen LogP contribution >= 0.6 is 0 Å². The van der Waals surface area contributed by atoms with Crippen LogP contribution in [-0.2, 0) is 14.8 Å². The van der Waals surface area contributed by atoms with Crippen LogP contribution in [0, 0.1) is 6.92 Å². The van der Waals surface area contributed by atoms with Crippen LogP contribution in [0.5, 0.6) is 0 Å². The van der Waals surface area contributed by atoms with Gasteiger partial charge in [-0.05, 0) is 75.9 Å².